The fraction of sp³-hybridized carbons (Fsp3) is 0.130. The molecule has 170 valence electrons. The van der Waals surface area contributed by atoms with Crippen LogP contribution in [-0.2, 0) is 33.8 Å². The number of fused-ring (bicyclic) bond motifs is 1. The average molecular weight is 473 g/mol. The second-order valence-electron chi connectivity index (χ2n) is 7.49. The van der Waals surface area contributed by atoms with Crippen molar-refractivity contribution >= 4 is 21.6 Å². The van der Waals surface area contributed by atoms with E-state index >= 15 is 0 Å². The summed E-state index contributed by atoms with van der Waals surface area (Å²) in [6.45, 7) is 0. The molecule has 0 unspecified atom stereocenters. The highest BCUT2D eigenvalue weighted by atomic mass is 32.2. The lowest BCUT2D eigenvalue weighted by Crippen LogP contribution is -2.23. The van der Waals surface area contributed by atoms with Crippen LogP contribution < -0.4 is 10.5 Å². The van der Waals surface area contributed by atoms with Crippen molar-refractivity contribution in [3.63, 3.8) is 0 Å². The standard InChI is InChI=1S/C23H18F3N3O3S/c24-23(25,26)16-5-1-14(2-6-16)13-21(30)29-20-10-9-19-22(20)18(11-12-28-19)15-3-7-17(8-4-15)33(27,31)32/h1-8,10-12H,9,13H2,(H,29,30)(H2,27,31,32). The van der Waals surface area contributed by atoms with Gasteiger partial charge in [-0.25, -0.2) is 13.6 Å². The van der Waals surface area contributed by atoms with E-state index in [2.05, 4.69) is 10.3 Å². The number of allylic oxidation sites excluding steroid dienone is 1. The molecule has 1 aliphatic rings. The number of nitrogens with zero attached hydrogens (tertiary/aromatic N) is 1. The number of halogens is 3. The molecule has 1 aliphatic carbocycles. The number of hydrogen-bond acceptors (Lipinski definition) is 4. The number of carbonyl (C=O) groups is 1. The molecular formula is C23H18F3N3O3S. The van der Waals surface area contributed by atoms with E-state index < -0.39 is 21.8 Å². The predicted molar refractivity (Wildman–Crippen MR) is 116 cm³/mol. The molecular weight excluding hydrogens is 455 g/mol. The zero-order valence-electron chi connectivity index (χ0n) is 17.1. The van der Waals surface area contributed by atoms with Gasteiger partial charge in [0.1, 0.15) is 0 Å². The lowest BCUT2D eigenvalue weighted by atomic mass is 9.99. The number of nitrogens with two attached hydrogens (primary N) is 1. The van der Waals surface area contributed by atoms with E-state index in [0.717, 1.165) is 23.4 Å². The summed E-state index contributed by atoms with van der Waals surface area (Å²) >= 11 is 0. The Morgan fingerprint density at radius 1 is 1.03 bits per heavy atom. The van der Waals surface area contributed by atoms with Crippen molar-refractivity contribution in [3.05, 3.63) is 89.3 Å². The summed E-state index contributed by atoms with van der Waals surface area (Å²) in [7, 11) is -3.82. The molecule has 10 heteroatoms. The van der Waals surface area contributed by atoms with E-state index in [1.54, 1.807) is 24.4 Å². The number of pyridine rings is 1. The first kappa shape index (κ1) is 22.7. The van der Waals surface area contributed by atoms with Crippen LogP contribution in [0.2, 0.25) is 0 Å². The molecule has 6 nitrogen and oxygen atoms in total. The van der Waals surface area contributed by atoms with Crippen LogP contribution in [0.15, 0.2) is 71.8 Å². The van der Waals surface area contributed by atoms with Gasteiger partial charge in [0.05, 0.1) is 22.6 Å². The number of nitrogens with one attached hydrogen (secondary N) is 1. The fourth-order valence-corrected chi connectivity index (χ4v) is 4.15. The zero-order chi connectivity index (χ0) is 23.8. The first-order valence-corrected chi connectivity index (χ1v) is 11.3. The highest BCUT2D eigenvalue weighted by Gasteiger charge is 2.30. The molecule has 3 aromatic rings. The first-order chi connectivity index (χ1) is 15.5. The third-order valence-corrected chi connectivity index (χ3v) is 6.14. The Labute approximate surface area is 188 Å². The van der Waals surface area contributed by atoms with E-state index in [1.807, 2.05) is 6.08 Å². The van der Waals surface area contributed by atoms with Crippen molar-refractivity contribution in [2.75, 3.05) is 0 Å². The minimum absolute atomic E-state index is 0.0161. The maximum absolute atomic E-state index is 12.7. The van der Waals surface area contributed by atoms with Gasteiger partial charge in [0.15, 0.2) is 0 Å². The molecule has 0 saturated heterocycles. The Morgan fingerprint density at radius 3 is 2.30 bits per heavy atom. The molecule has 1 aromatic heterocycles. The average Bonchev–Trinajstić information content (AvgIpc) is 3.16. The second-order valence-corrected chi connectivity index (χ2v) is 9.05. The van der Waals surface area contributed by atoms with Gasteiger partial charge in [-0.2, -0.15) is 13.2 Å². The molecule has 0 bridgehead atoms. The van der Waals surface area contributed by atoms with Crippen molar-refractivity contribution in [1.29, 1.82) is 0 Å². The number of alkyl halides is 3. The van der Waals surface area contributed by atoms with Crippen LogP contribution in [0, 0.1) is 0 Å². The molecule has 33 heavy (non-hydrogen) atoms. The second kappa shape index (κ2) is 8.45. The van der Waals surface area contributed by atoms with Crippen molar-refractivity contribution in [1.82, 2.24) is 10.3 Å². The van der Waals surface area contributed by atoms with Crippen LogP contribution in [0.5, 0.6) is 0 Å². The molecule has 0 atom stereocenters. The van der Waals surface area contributed by atoms with E-state index in [9.17, 15) is 26.4 Å². The number of primary sulfonamides is 1. The molecule has 0 spiro atoms. The molecule has 0 radical (unpaired) electrons. The topological polar surface area (TPSA) is 102 Å². The molecule has 0 aliphatic heterocycles. The molecule has 3 N–H and O–H groups in total. The van der Waals surface area contributed by atoms with Crippen molar-refractivity contribution in [2.45, 2.75) is 23.9 Å². The Hall–Kier alpha value is -3.50. The van der Waals surface area contributed by atoms with Crippen LogP contribution in [0.3, 0.4) is 0 Å². The van der Waals surface area contributed by atoms with Gasteiger partial charge in [-0.3, -0.25) is 9.78 Å². The van der Waals surface area contributed by atoms with E-state index in [0.29, 0.717) is 28.8 Å². The largest absolute Gasteiger partial charge is 0.416 e. The van der Waals surface area contributed by atoms with Crippen LogP contribution in [0.1, 0.15) is 22.4 Å². The summed E-state index contributed by atoms with van der Waals surface area (Å²) in [6.07, 6.45) is -0.597. The summed E-state index contributed by atoms with van der Waals surface area (Å²) in [5.41, 5.74) is 3.13. The Kier molecular flexibility index (Phi) is 5.81. The highest BCUT2D eigenvalue weighted by molar-refractivity contribution is 7.89. The number of sulfonamides is 1. The summed E-state index contributed by atoms with van der Waals surface area (Å²) in [4.78, 5) is 16.9. The summed E-state index contributed by atoms with van der Waals surface area (Å²) in [5.74, 6) is -0.381. The van der Waals surface area contributed by atoms with Gasteiger partial charge in [-0.1, -0.05) is 30.3 Å². The van der Waals surface area contributed by atoms with Gasteiger partial charge in [0.2, 0.25) is 15.9 Å². The highest BCUT2D eigenvalue weighted by Crippen LogP contribution is 2.34. The number of amides is 1. The van der Waals surface area contributed by atoms with Gasteiger partial charge >= 0.3 is 6.18 Å². The monoisotopic (exact) mass is 473 g/mol. The molecule has 0 fully saturated rings. The Balaban J connectivity index is 1.54. The van der Waals surface area contributed by atoms with Crippen molar-refractivity contribution in [2.24, 2.45) is 5.14 Å². The Morgan fingerprint density at radius 2 is 1.70 bits per heavy atom. The van der Waals surface area contributed by atoms with Gasteiger partial charge < -0.3 is 5.32 Å². The lowest BCUT2D eigenvalue weighted by Gasteiger charge is -2.14. The van der Waals surface area contributed by atoms with Gasteiger partial charge in [-0.05, 0) is 47.0 Å². The summed E-state index contributed by atoms with van der Waals surface area (Å²) in [5, 5.41) is 7.97. The van der Waals surface area contributed by atoms with E-state index in [-0.39, 0.29) is 17.2 Å². The number of carbonyl (C=O) groups excluding carboxylic acids is 1. The molecule has 1 heterocycles. The number of hydrogen-bond donors (Lipinski definition) is 2. The SMILES string of the molecule is NS(=O)(=O)c1ccc(-c2ccnc3c2C(NC(=O)Cc2ccc(C(F)(F)F)cc2)=CC3)cc1. The van der Waals surface area contributed by atoms with Crippen LogP contribution in [-0.4, -0.2) is 19.3 Å². The minimum atomic E-state index is -4.44. The Bertz CT molecular complexity index is 1350. The number of benzene rings is 2. The van der Waals surface area contributed by atoms with Gasteiger partial charge in [0, 0.05) is 23.9 Å². The third-order valence-electron chi connectivity index (χ3n) is 5.21. The molecule has 2 aromatic carbocycles. The van der Waals surface area contributed by atoms with Gasteiger partial charge in [0.25, 0.3) is 0 Å². The number of rotatable bonds is 5. The minimum Gasteiger partial charge on any atom is -0.325 e. The zero-order valence-corrected chi connectivity index (χ0v) is 17.9. The molecule has 4 rings (SSSR count). The van der Waals surface area contributed by atoms with Crippen molar-refractivity contribution in [3.8, 4) is 11.1 Å². The first-order valence-electron chi connectivity index (χ1n) is 9.80. The summed E-state index contributed by atoms with van der Waals surface area (Å²) in [6, 6.07) is 12.2. The van der Waals surface area contributed by atoms with E-state index in [4.69, 9.17) is 5.14 Å². The number of aromatic nitrogens is 1. The van der Waals surface area contributed by atoms with E-state index in [1.165, 1.54) is 24.3 Å². The maximum Gasteiger partial charge on any atom is 0.416 e. The van der Waals surface area contributed by atoms with Crippen LogP contribution in [0.25, 0.3) is 16.8 Å². The third kappa shape index (κ3) is 4.96. The predicted octanol–water partition coefficient (Wildman–Crippen LogP) is 3.67. The smallest absolute Gasteiger partial charge is 0.325 e. The normalized spacial score (nSPS) is 13.4. The molecule has 1 amide bonds. The van der Waals surface area contributed by atoms with Crippen molar-refractivity contribution < 1.29 is 26.4 Å². The fourth-order valence-electron chi connectivity index (χ4n) is 3.63. The summed E-state index contributed by atoms with van der Waals surface area (Å²) < 4.78 is 61.2. The quantitative estimate of drug-likeness (QED) is 0.590. The maximum atomic E-state index is 12.7. The van der Waals surface area contributed by atoms with Crippen LogP contribution >= 0.6 is 0 Å². The lowest BCUT2D eigenvalue weighted by molar-refractivity contribution is -0.137. The van der Waals surface area contributed by atoms with Gasteiger partial charge in [-0.15, -0.1) is 0 Å². The van der Waals surface area contributed by atoms with Crippen LogP contribution in [0.4, 0.5) is 13.2 Å². The molecule has 0 saturated carbocycles.